The quantitative estimate of drug-likeness (QED) is 0.865. The van der Waals surface area contributed by atoms with Crippen molar-refractivity contribution in [3.63, 3.8) is 0 Å². The van der Waals surface area contributed by atoms with Gasteiger partial charge in [-0.15, -0.1) is 0 Å². The second-order valence-corrected chi connectivity index (χ2v) is 5.14. The first-order chi connectivity index (χ1) is 8.58. The van der Waals surface area contributed by atoms with Crippen molar-refractivity contribution < 1.29 is 4.39 Å². The molecule has 18 heavy (non-hydrogen) atoms. The van der Waals surface area contributed by atoms with Crippen LogP contribution in [0.15, 0.2) is 40.6 Å². The lowest BCUT2D eigenvalue weighted by molar-refractivity contribution is 0.610. The van der Waals surface area contributed by atoms with Crippen LogP contribution in [-0.2, 0) is 0 Å². The summed E-state index contributed by atoms with van der Waals surface area (Å²) in [5, 5.41) is 0.818. The average Bonchev–Trinajstić information content (AvgIpc) is 2.34. The lowest BCUT2D eigenvalue weighted by Crippen LogP contribution is -2.07. The van der Waals surface area contributed by atoms with E-state index in [-0.39, 0.29) is 11.9 Å². The Hall–Kier alpha value is -1.46. The van der Waals surface area contributed by atoms with E-state index >= 15 is 0 Å². The van der Waals surface area contributed by atoms with E-state index in [1.165, 1.54) is 24.2 Å². The summed E-state index contributed by atoms with van der Waals surface area (Å²) in [5.41, 5.74) is 7.28. The standard InChI is InChI=1S/C13H14FN3S/c1-8-5-12(10(9(2)15)6-11(8)14)18-13-3-4-16-7-17-13/h3-7,9H,15H2,1-2H3. The van der Waals surface area contributed by atoms with Crippen LogP contribution in [0.2, 0.25) is 0 Å². The van der Waals surface area contributed by atoms with Crippen molar-refractivity contribution in [3.8, 4) is 0 Å². The van der Waals surface area contributed by atoms with Crippen LogP contribution in [0.1, 0.15) is 24.1 Å². The fourth-order valence-electron chi connectivity index (χ4n) is 1.57. The second kappa shape index (κ2) is 5.46. The van der Waals surface area contributed by atoms with Gasteiger partial charge >= 0.3 is 0 Å². The Labute approximate surface area is 110 Å². The molecule has 0 bridgehead atoms. The largest absolute Gasteiger partial charge is 0.324 e. The number of nitrogens with zero attached hydrogens (tertiary/aromatic N) is 2. The van der Waals surface area contributed by atoms with Gasteiger partial charge in [-0.3, -0.25) is 0 Å². The van der Waals surface area contributed by atoms with Gasteiger partial charge in [-0.1, -0.05) is 11.8 Å². The highest BCUT2D eigenvalue weighted by molar-refractivity contribution is 7.99. The minimum Gasteiger partial charge on any atom is -0.324 e. The summed E-state index contributed by atoms with van der Waals surface area (Å²) in [6, 6.07) is 4.91. The molecule has 1 heterocycles. The van der Waals surface area contributed by atoms with Crippen molar-refractivity contribution in [2.45, 2.75) is 29.8 Å². The van der Waals surface area contributed by atoms with E-state index in [4.69, 9.17) is 5.73 Å². The Bertz CT molecular complexity index is 543. The van der Waals surface area contributed by atoms with Crippen LogP contribution < -0.4 is 5.73 Å². The molecule has 1 atom stereocenters. The van der Waals surface area contributed by atoms with Gasteiger partial charge in [-0.2, -0.15) is 0 Å². The molecule has 0 saturated heterocycles. The van der Waals surface area contributed by atoms with Crippen molar-refractivity contribution >= 4 is 11.8 Å². The summed E-state index contributed by atoms with van der Waals surface area (Å²) in [7, 11) is 0. The number of rotatable bonds is 3. The van der Waals surface area contributed by atoms with E-state index in [0.717, 1.165) is 15.5 Å². The van der Waals surface area contributed by atoms with Crippen LogP contribution >= 0.6 is 11.8 Å². The molecular formula is C13H14FN3S. The Morgan fingerprint density at radius 2 is 2.17 bits per heavy atom. The van der Waals surface area contributed by atoms with Crippen molar-refractivity contribution in [2.24, 2.45) is 5.73 Å². The smallest absolute Gasteiger partial charge is 0.126 e. The van der Waals surface area contributed by atoms with Crippen molar-refractivity contribution in [2.75, 3.05) is 0 Å². The molecule has 0 spiro atoms. The molecule has 1 unspecified atom stereocenters. The number of halogens is 1. The number of hydrogen-bond acceptors (Lipinski definition) is 4. The summed E-state index contributed by atoms with van der Waals surface area (Å²) < 4.78 is 13.6. The first-order valence-corrected chi connectivity index (χ1v) is 6.39. The molecule has 5 heteroatoms. The lowest BCUT2D eigenvalue weighted by Gasteiger charge is -2.13. The van der Waals surface area contributed by atoms with E-state index in [1.807, 2.05) is 13.0 Å². The molecule has 2 aromatic rings. The topological polar surface area (TPSA) is 51.8 Å². The summed E-state index contributed by atoms with van der Waals surface area (Å²) in [6.45, 7) is 3.58. The van der Waals surface area contributed by atoms with Crippen molar-refractivity contribution in [3.05, 3.63) is 47.7 Å². The zero-order valence-corrected chi connectivity index (χ0v) is 11.0. The molecule has 1 aromatic carbocycles. The Morgan fingerprint density at radius 1 is 1.39 bits per heavy atom. The van der Waals surface area contributed by atoms with E-state index in [9.17, 15) is 4.39 Å². The number of nitrogens with two attached hydrogens (primary N) is 1. The van der Waals surface area contributed by atoms with Gasteiger partial charge in [-0.25, -0.2) is 14.4 Å². The molecule has 0 aliphatic rings. The third-order valence-corrected chi connectivity index (χ3v) is 3.58. The Balaban J connectivity index is 2.40. The molecule has 0 amide bonds. The maximum Gasteiger partial charge on any atom is 0.126 e. The van der Waals surface area contributed by atoms with Gasteiger partial charge in [0.1, 0.15) is 17.2 Å². The van der Waals surface area contributed by atoms with Crippen LogP contribution in [0.5, 0.6) is 0 Å². The maximum atomic E-state index is 13.6. The van der Waals surface area contributed by atoms with E-state index in [0.29, 0.717) is 5.56 Å². The summed E-state index contributed by atoms with van der Waals surface area (Å²) >= 11 is 1.47. The van der Waals surface area contributed by atoms with Crippen LogP contribution in [0.4, 0.5) is 4.39 Å². The summed E-state index contributed by atoms with van der Waals surface area (Å²) in [5.74, 6) is -0.227. The Morgan fingerprint density at radius 3 is 2.78 bits per heavy atom. The third-order valence-electron chi connectivity index (χ3n) is 2.55. The van der Waals surface area contributed by atoms with Gasteiger partial charge in [0.15, 0.2) is 0 Å². The zero-order chi connectivity index (χ0) is 13.1. The number of aryl methyl sites for hydroxylation is 1. The monoisotopic (exact) mass is 263 g/mol. The van der Waals surface area contributed by atoms with Gasteiger partial charge in [0.05, 0.1) is 0 Å². The minimum atomic E-state index is -0.227. The molecule has 1 aromatic heterocycles. The molecule has 3 nitrogen and oxygen atoms in total. The van der Waals surface area contributed by atoms with Crippen LogP contribution in [-0.4, -0.2) is 9.97 Å². The molecule has 94 valence electrons. The third kappa shape index (κ3) is 2.86. The highest BCUT2D eigenvalue weighted by Crippen LogP contribution is 2.33. The number of benzene rings is 1. The van der Waals surface area contributed by atoms with E-state index in [2.05, 4.69) is 9.97 Å². The van der Waals surface area contributed by atoms with Gasteiger partial charge in [0.25, 0.3) is 0 Å². The van der Waals surface area contributed by atoms with Gasteiger partial charge in [0, 0.05) is 17.1 Å². The second-order valence-electron chi connectivity index (χ2n) is 4.08. The summed E-state index contributed by atoms with van der Waals surface area (Å²) in [4.78, 5) is 8.94. The number of aromatic nitrogens is 2. The molecule has 0 fully saturated rings. The fourth-order valence-corrected chi connectivity index (χ4v) is 2.62. The predicted octanol–water partition coefficient (Wildman–Crippen LogP) is 3.10. The number of hydrogen-bond donors (Lipinski definition) is 1. The molecule has 2 rings (SSSR count). The first kappa shape index (κ1) is 13.0. The molecular weight excluding hydrogens is 249 g/mol. The normalized spacial score (nSPS) is 12.4. The summed E-state index contributed by atoms with van der Waals surface area (Å²) in [6.07, 6.45) is 3.17. The molecule has 0 saturated carbocycles. The van der Waals surface area contributed by atoms with Gasteiger partial charge < -0.3 is 5.73 Å². The van der Waals surface area contributed by atoms with E-state index in [1.54, 1.807) is 19.2 Å². The highest BCUT2D eigenvalue weighted by atomic mass is 32.2. The fraction of sp³-hybridized carbons (Fsp3) is 0.231. The molecule has 0 aliphatic carbocycles. The average molecular weight is 263 g/mol. The van der Waals surface area contributed by atoms with Crippen molar-refractivity contribution in [1.29, 1.82) is 0 Å². The van der Waals surface area contributed by atoms with Crippen LogP contribution in [0, 0.1) is 12.7 Å². The van der Waals surface area contributed by atoms with Crippen LogP contribution in [0.3, 0.4) is 0 Å². The molecule has 0 aliphatic heterocycles. The maximum absolute atomic E-state index is 13.6. The Kier molecular flexibility index (Phi) is 3.93. The molecule has 0 radical (unpaired) electrons. The van der Waals surface area contributed by atoms with E-state index < -0.39 is 0 Å². The van der Waals surface area contributed by atoms with Crippen molar-refractivity contribution in [1.82, 2.24) is 9.97 Å². The highest BCUT2D eigenvalue weighted by Gasteiger charge is 2.12. The zero-order valence-electron chi connectivity index (χ0n) is 10.2. The van der Waals surface area contributed by atoms with Crippen LogP contribution in [0.25, 0.3) is 0 Å². The lowest BCUT2D eigenvalue weighted by atomic mass is 10.1. The minimum absolute atomic E-state index is 0.218. The molecule has 2 N–H and O–H groups in total. The predicted molar refractivity (Wildman–Crippen MR) is 69.9 cm³/mol. The first-order valence-electron chi connectivity index (χ1n) is 5.57. The van der Waals surface area contributed by atoms with Gasteiger partial charge in [-0.05, 0) is 43.2 Å². The van der Waals surface area contributed by atoms with Gasteiger partial charge in [0.2, 0.25) is 0 Å². The SMILES string of the molecule is Cc1cc(Sc2ccncn2)c(C(C)N)cc1F.